The van der Waals surface area contributed by atoms with Crippen molar-refractivity contribution in [3.8, 4) is 11.5 Å². The predicted octanol–water partition coefficient (Wildman–Crippen LogP) is 5.31. The lowest BCUT2D eigenvalue weighted by molar-refractivity contribution is 0.174. The van der Waals surface area contributed by atoms with Gasteiger partial charge in [-0.15, -0.1) is 0 Å². The van der Waals surface area contributed by atoms with Crippen molar-refractivity contribution < 1.29 is 9.47 Å². The van der Waals surface area contributed by atoms with E-state index in [-0.39, 0.29) is 12.4 Å². The molecule has 0 atom stereocenters. The van der Waals surface area contributed by atoms with E-state index < -0.39 is 0 Å². The summed E-state index contributed by atoms with van der Waals surface area (Å²) in [6.07, 6.45) is 0. The number of H-pyrrole nitrogens is 1. The number of halogens is 1. The van der Waals surface area contributed by atoms with Crippen LogP contribution >= 0.6 is 23.8 Å². The monoisotopic (exact) mass is 477 g/mol. The number of aromatic nitrogens is 1. The summed E-state index contributed by atoms with van der Waals surface area (Å²) in [5.41, 5.74) is 2.97. The number of hydrogen-bond donors (Lipinski definition) is 2. The van der Waals surface area contributed by atoms with E-state index in [9.17, 15) is 4.79 Å². The Kier molecular flexibility index (Phi) is 5.90. The summed E-state index contributed by atoms with van der Waals surface area (Å²) >= 11 is 11.8. The maximum atomic E-state index is 12.9. The largest absolute Gasteiger partial charge is 0.454 e. The first kappa shape index (κ1) is 21.3. The second-order valence-electron chi connectivity index (χ2n) is 7.70. The normalized spacial score (nSPS) is 12.0. The first-order valence-corrected chi connectivity index (χ1v) is 11.1. The van der Waals surface area contributed by atoms with Gasteiger partial charge in [0.2, 0.25) is 6.79 Å². The van der Waals surface area contributed by atoms with Crippen molar-refractivity contribution in [3.05, 3.63) is 99.3 Å². The molecule has 0 bridgehead atoms. The molecule has 166 valence electrons. The molecule has 0 unspecified atom stereocenters. The lowest BCUT2D eigenvalue weighted by Crippen LogP contribution is -2.35. The van der Waals surface area contributed by atoms with Crippen molar-refractivity contribution in [2.24, 2.45) is 0 Å². The minimum atomic E-state index is -0.176. The van der Waals surface area contributed by atoms with E-state index in [4.69, 9.17) is 33.3 Å². The van der Waals surface area contributed by atoms with Gasteiger partial charge in [-0.2, -0.15) is 0 Å². The van der Waals surface area contributed by atoms with Gasteiger partial charge in [0.25, 0.3) is 5.56 Å². The van der Waals surface area contributed by atoms with Gasteiger partial charge in [0.05, 0.1) is 12.1 Å². The van der Waals surface area contributed by atoms with Crippen LogP contribution in [0.1, 0.15) is 11.1 Å². The molecule has 8 heteroatoms. The number of thiocarbonyl (C=S) groups is 1. The fourth-order valence-electron chi connectivity index (χ4n) is 3.74. The lowest BCUT2D eigenvalue weighted by Gasteiger charge is -2.26. The maximum Gasteiger partial charge on any atom is 0.253 e. The van der Waals surface area contributed by atoms with Crippen molar-refractivity contribution in [3.63, 3.8) is 0 Å². The van der Waals surface area contributed by atoms with E-state index in [1.807, 2.05) is 59.5 Å². The van der Waals surface area contributed by atoms with Crippen LogP contribution in [0.2, 0.25) is 5.02 Å². The third-order valence-corrected chi connectivity index (χ3v) is 5.95. The molecular formula is C25H20ClN3O3S. The Morgan fingerprint density at radius 1 is 1.00 bits per heavy atom. The van der Waals surface area contributed by atoms with Crippen LogP contribution in [0.4, 0.5) is 5.69 Å². The zero-order chi connectivity index (χ0) is 22.8. The summed E-state index contributed by atoms with van der Waals surface area (Å²) in [4.78, 5) is 17.8. The molecule has 2 heterocycles. The van der Waals surface area contributed by atoms with Crippen LogP contribution < -0.4 is 20.3 Å². The number of aromatic amines is 1. The molecule has 0 fully saturated rings. The number of hydrogen-bond acceptors (Lipinski definition) is 4. The summed E-state index contributed by atoms with van der Waals surface area (Å²) in [5, 5.41) is 5.21. The molecule has 1 aromatic heterocycles. The van der Waals surface area contributed by atoms with Gasteiger partial charge in [0, 0.05) is 34.3 Å². The Balaban J connectivity index is 1.46. The van der Waals surface area contributed by atoms with Crippen LogP contribution in [0.25, 0.3) is 10.9 Å². The molecule has 0 spiro atoms. The quantitative estimate of drug-likeness (QED) is 0.380. The van der Waals surface area contributed by atoms with Crippen LogP contribution in [0.15, 0.2) is 77.6 Å². The predicted molar refractivity (Wildman–Crippen MR) is 134 cm³/mol. The second-order valence-corrected chi connectivity index (χ2v) is 8.52. The number of ether oxygens (including phenoxy) is 2. The smallest absolute Gasteiger partial charge is 0.253 e. The van der Waals surface area contributed by atoms with Crippen molar-refractivity contribution in [1.82, 2.24) is 9.88 Å². The van der Waals surface area contributed by atoms with Gasteiger partial charge >= 0.3 is 0 Å². The Hall–Kier alpha value is -3.55. The zero-order valence-corrected chi connectivity index (χ0v) is 19.1. The van der Waals surface area contributed by atoms with Gasteiger partial charge in [-0.1, -0.05) is 48.0 Å². The van der Waals surface area contributed by atoms with E-state index in [1.54, 1.807) is 18.2 Å². The highest BCUT2D eigenvalue weighted by Crippen LogP contribution is 2.35. The van der Waals surface area contributed by atoms with E-state index in [2.05, 4.69) is 10.3 Å². The Morgan fingerprint density at radius 2 is 1.79 bits per heavy atom. The lowest BCUT2D eigenvalue weighted by atomic mass is 10.1. The van der Waals surface area contributed by atoms with Crippen molar-refractivity contribution in [1.29, 1.82) is 0 Å². The van der Waals surface area contributed by atoms with Crippen LogP contribution in [0.3, 0.4) is 0 Å². The van der Waals surface area contributed by atoms with Gasteiger partial charge in [-0.25, -0.2) is 0 Å². The first-order chi connectivity index (χ1) is 16.0. The van der Waals surface area contributed by atoms with Crippen molar-refractivity contribution in [2.45, 2.75) is 13.1 Å². The highest BCUT2D eigenvalue weighted by atomic mass is 35.5. The number of anilines is 1. The average Bonchev–Trinajstić information content (AvgIpc) is 3.25. The first-order valence-electron chi connectivity index (χ1n) is 10.4. The number of rotatable bonds is 5. The molecule has 5 rings (SSSR count). The van der Waals surface area contributed by atoms with E-state index >= 15 is 0 Å². The molecular weight excluding hydrogens is 458 g/mol. The Labute approximate surface area is 200 Å². The van der Waals surface area contributed by atoms with Crippen LogP contribution in [0.5, 0.6) is 11.5 Å². The number of fused-ring (bicyclic) bond motifs is 2. The third kappa shape index (κ3) is 4.79. The molecule has 0 saturated carbocycles. The molecule has 1 aliphatic rings. The number of nitrogens with one attached hydrogen (secondary N) is 2. The summed E-state index contributed by atoms with van der Waals surface area (Å²) in [6, 6.07) is 22.9. The minimum absolute atomic E-state index is 0.176. The Morgan fingerprint density at radius 3 is 2.58 bits per heavy atom. The van der Waals surface area contributed by atoms with Crippen LogP contribution in [-0.4, -0.2) is 21.8 Å². The fourth-order valence-corrected chi connectivity index (χ4v) is 4.17. The third-order valence-electron chi connectivity index (χ3n) is 5.35. The van der Waals surface area contributed by atoms with Crippen LogP contribution in [0, 0.1) is 0 Å². The maximum absolute atomic E-state index is 12.9. The van der Waals surface area contributed by atoms with Gasteiger partial charge in [0.15, 0.2) is 16.6 Å². The van der Waals surface area contributed by atoms with E-state index in [0.29, 0.717) is 45.8 Å². The van der Waals surface area contributed by atoms with Gasteiger partial charge in [-0.3, -0.25) is 4.79 Å². The molecule has 0 saturated heterocycles. The molecule has 4 aromatic rings. The number of benzene rings is 3. The van der Waals surface area contributed by atoms with Crippen LogP contribution in [-0.2, 0) is 13.1 Å². The summed E-state index contributed by atoms with van der Waals surface area (Å²) in [5.74, 6) is 1.29. The topological polar surface area (TPSA) is 66.6 Å². The van der Waals surface area contributed by atoms with Gasteiger partial charge in [0.1, 0.15) is 0 Å². The summed E-state index contributed by atoms with van der Waals surface area (Å²) < 4.78 is 10.9. The molecule has 33 heavy (non-hydrogen) atoms. The second kappa shape index (κ2) is 9.13. The Bertz CT molecular complexity index is 1390. The molecule has 6 nitrogen and oxygen atoms in total. The average molecular weight is 478 g/mol. The summed E-state index contributed by atoms with van der Waals surface area (Å²) in [7, 11) is 0. The minimum Gasteiger partial charge on any atom is -0.454 e. The molecule has 3 aromatic carbocycles. The fraction of sp³-hybridized carbons (Fsp3) is 0.120. The standard InChI is InChI=1S/C25H20ClN3O3S/c26-19-7-4-8-20(11-19)27-25(33)29(13-16-5-2-1-3-6-16)14-18-9-17-10-22-23(32-15-31-22)12-21(17)28-24(18)30/h1-12H,13-15H2,(H,27,33)(H,28,30). The van der Waals surface area contributed by atoms with Gasteiger partial charge < -0.3 is 24.7 Å². The highest BCUT2D eigenvalue weighted by Gasteiger charge is 2.18. The molecule has 0 radical (unpaired) electrons. The van der Waals surface area contributed by atoms with E-state index in [1.165, 1.54) is 0 Å². The number of pyridine rings is 1. The molecule has 1 aliphatic heterocycles. The zero-order valence-electron chi connectivity index (χ0n) is 17.5. The molecule has 0 amide bonds. The van der Waals surface area contributed by atoms with Crippen molar-refractivity contribution >= 4 is 45.5 Å². The van der Waals surface area contributed by atoms with E-state index in [0.717, 1.165) is 16.6 Å². The molecule has 2 N–H and O–H groups in total. The van der Waals surface area contributed by atoms with Crippen molar-refractivity contribution in [2.75, 3.05) is 12.1 Å². The summed E-state index contributed by atoms with van der Waals surface area (Å²) in [6.45, 7) is 1.03. The SMILES string of the molecule is O=c1[nH]c2cc3c(cc2cc1CN(Cc1ccccc1)C(=S)Nc1cccc(Cl)c1)OCO3. The van der Waals surface area contributed by atoms with Gasteiger partial charge in [-0.05, 0) is 48.1 Å². The molecule has 0 aliphatic carbocycles. The highest BCUT2D eigenvalue weighted by molar-refractivity contribution is 7.80. The number of nitrogens with zero attached hydrogens (tertiary/aromatic N) is 1.